The Labute approximate surface area is 141 Å². The molecule has 3 rings (SSSR count). The minimum Gasteiger partial charge on any atom is -0.361 e. The molecule has 2 N–H and O–H groups in total. The van der Waals surface area contributed by atoms with Crippen LogP contribution in [0.5, 0.6) is 0 Å². The number of anilines is 1. The first-order valence-electron chi connectivity index (χ1n) is 7.09. The van der Waals surface area contributed by atoms with Crippen molar-refractivity contribution in [2.45, 2.75) is 12.2 Å². The lowest BCUT2D eigenvalue weighted by Crippen LogP contribution is -2.45. The lowest BCUT2D eigenvalue weighted by atomic mass is 10.00. The van der Waals surface area contributed by atoms with Crippen LogP contribution < -0.4 is 10.6 Å². The molecule has 2 unspecified atom stereocenters. The Hall–Kier alpha value is -2.05. The number of hydrogen-bond acceptors (Lipinski definition) is 4. The number of nitrogens with two attached hydrogens (primary N) is 1. The third-order valence-corrected chi connectivity index (χ3v) is 4.43. The van der Waals surface area contributed by atoms with Gasteiger partial charge in [0.1, 0.15) is 24.3 Å². The predicted octanol–water partition coefficient (Wildman–Crippen LogP) is 2.73. The van der Waals surface area contributed by atoms with Crippen molar-refractivity contribution in [2.24, 2.45) is 10.7 Å². The van der Waals surface area contributed by atoms with Crippen molar-refractivity contribution in [1.82, 2.24) is 0 Å². The van der Waals surface area contributed by atoms with Crippen LogP contribution in [-0.4, -0.2) is 31.3 Å². The molecule has 1 heterocycles. The van der Waals surface area contributed by atoms with Gasteiger partial charge in [-0.3, -0.25) is 4.99 Å². The van der Waals surface area contributed by atoms with Crippen LogP contribution in [0.3, 0.4) is 0 Å². The van der Waals surface area contributed by atoms with Crippen molar-refractivity contribution < 1.29 is 9.18 Å². The van der Waals surface area contributed by atoms with E-state index in [1.807, 2.05) is 18.2 Å². The van der Waals surface area contributed by atoms with Gasteiger partial charge in [0.2, 0.25) is 0 Å². The number of carbonyl (C=O) groups is 1. The number of halogens is 2. The molecule has 0 radical (unpaired) electrons. The summed E-state index contributed by atoms with van der Waals surface area (Å²) < 4.78 is 15.1. The average Bonchev–Trinajstić information content (AvgIpc) is 2.63. The lowest BCUT2D eigenvalue weighted by molar-refractivity contribution is -0.109. The van der Waals surface area contributed by atoms with E-state index in [2.05, 4.69) is 20.9 Å². The number of benzene rings is 2. The molecule has 0 fully saturated rings. The molecule has 0 bridgehead atoms. The molecule has 6 heteroatoms. The molecule has 0 saturated heterocycles. The van der Waals surface area contributed by atoms with Gasteiger partial charge in [0, 0.05) is 28.3 Å². The summed E-state index contributed by atoms with van der Waals surface area (Å²) in [5.41, 5.74) is 8.40. The summed E-state index contributed by atoms with van der Waals surface area (Å²) in [6.45, 7) is 0. The summed E-state index contributed by atoms with van der Waals surface area (Å²) in [7, 11) is 1.78. The van der Waals surface area contributed by atoms with Crippen molar-refractivity contribution in [3.8, 4) is 0 Å². The number of rotatable bonds is 2. The fourth-order valence-corrected chi connectivity index (χ4v) is 3.09. The molecule has 2 aromatic carbocycles. The summed E-state index contributed by atoms with van der Waals surface area (Å²) in [6, 6.07) is 11.4. The first-order chi connectivity index (χ1) is 11.0. The van der Waals surface area contributed by atoms with Crippen LogP contribution in [0.15, 0.2) is 51.9 Å². The van der Waals surface area contributed by atoms with Crippen LogP contribution in [0.1, 0.15) is 11.1 Å². The van der Waals surface area contributed by atoms with E-state index in [9.17, 15) is 9.18 Å². The van der Waals surface area contributed by atoms with E-state index in [0.717, 1.165) is 22.0 Å². The van der Waals surface area contributed by atoms with Crippen LogP contribution in [0.25, 0.3) is 0 Å². The van der Waals surface area contributed by atoms with Crippen LogP contribution in [0, 0.1) is 5.82 Å². The summed E-state index contributed by atoms with van der Waals surface area (Å²) in [4.78, 5) is 17.7. The van der Waals surface area contributed by atoms with Crippen molar-refractivity contribution in [3.05, 3.63) is 63.9 Å². The molecule has 2 aromatic rings. The smallest absolute Gasteiger partial charge is 0.145 e. The molecule has 4 nitrogen and oxygen atoms in total. The van der Waals surface area contributed by atoms with Gasteiger partial charge in [0.25, 0.3) is 0 Å². The Morgan fingerprint density at radius 1 is 1.26 bits per heavy atom. The molecule has 23 heavy (non-hydrogen) atoms. The summed E-state index contributed by atoms with van der Waals surface area (Å²) in [5.74, 6) is -0.378. The quantitative estimate of drug-likeness (QED) is 0.821. The number of fused-ring (bicyclic) bond motifs is 1. The van der Waals surface area contributed by atoms with Gasteiger partial charge in [-0.1, -0.05) is 28.1 Å². The second-order valence-corrected chi connectivity index (χ2v) is 6.26. The fourth-order valence-electron chi connectivity index (χ4n) is 2.73. The zero-order valence-corrected chi connectivity index (χ0v) is 14.0. The second-order valence-electron chi connectivity index (χ2n) is 5.35. The first-order valence-corrected chi connectivity index (χ1v) is 7.88. The van der Waals surface area contributed by atoms with Gasteiger partial charge in [0.05, 0.1) is 5.71 Å². The Balaban J connectivity index is 2.29. The van der Waals surface area contributed by atoms with Gasteiger partial charge in [-0.15, -0.1) is 0 Å². The number of aliphatic imine (C=N–C) groups is 1. The number of nitrogens with zero attached hydrogens (tertiary/aromatic N) is 2. The predicted molar refractivity (Wildman–Crippen MR) is 92.4 cm³/mol. The van der Waals surface area contributed by atoms with Gasteiger partial charge in [-0.25, -0.2) is 4.39 Å². The highest BCUT2D eigenvalue weighted by molar-refractivity contribution is 9.10. The maximum absolute atomic E-state index is 14.3. The maximum atomic E-state index is 14.3. The number of hydrogen-bond donors (Lipinski definition) is 1. The van der Waals surface area contributed by atoms with Gasteiger partial charge in [-0.2, -0.15) is 0 Å². The number of likely N-dealkylation sites (N-methyl/N-ethyl adjacent to an activating group) is 1. The van der Waals surface area contributed by atoms with E-state index in [-0.39, 0.29) is 5.82 Å². The number of benzodiazepines with no additional fused rings is 1. The topological polar surface area (TPSA) is 58.7 Å². The Morgan fingerprint density at radius 3 is 2.70 bits per heavy atom. The minimum absolute atomic E-state index is 0.363. The zero-order valence-electron chi connectivity index (χ0n) is 12.4. The standard InChI is InChI=1S/C17H15BrFN3O/c1-22-14-7-6-10(18)8-12(14)16(21-17(20)15(22)9-23)11-4-2-3-5-13(11)19/h2-9,15,17H,20H2,1H3. The van der Waals surface area contributed by atoms with E-state index in [1.54, 1.807) is 30.1 Å². The summed E-state index contributed by atoms with van der Waals surface area (Å²) in [5, 5.41) is 0. The van der Waals surface area contributed by atoms with Crippen molar-refractivity contribution in [2.75, 3.05) is 11.9 Å². The normalized spacial score (nSPS) is 20.5. The molecule has 2 atom stereocenters. The van der Waals surface area contributed by atoms with E-state index in [1.165, 1.54) is 6.07 Å². The third kappa shape index (κ3) is 2.80. The van der Waals surface area contributed by atoms with Crippen LogP contribution in [0.4, 0.5) is 10.1 Å². The van der Waals surface area contributed by atoms with Crippen LogP contribution >= 0.6 is 15.9 Å². The second kappa shape index (κ2) is 6.22. The van der Waals surface area contributed by atoms with Crippen molar-refractivity contribution in [1.29, 1.82) is 0 Å². The molecule has 0 aromatic heterocycles. The molecule has 0 aliphatic carbocycles. The van der Waals surface area contributed by atoms with E-state index < -0.39 is 12.2 Å². The molecule has 0 amide bonds. The minimum atomic E-state index is -0.779. The summed E-state index contributed by atoms with van der Waals surface area (Å²) in [6.07, 6.45) is -0.0112. The highest BCUT2D eigenvalue weighted by Crippen LogP contribution is 2.31. The first kappa shape index (κ1) is 15.8. The molecule has 0 saturated carbocycles. The zero-order chi connectivity index (χ0) is 16.6. The highest BCUT2D eigenvalue weighted by atomic mass is 79.9. The monoisotopic (exact) mass is 375 g/mol. The maximum Gasteiger partial charge on any atom is 0.145 e. The van der Waals surface area contributed by atoms with E-state index in [0.29, 0.717) is 11.3 Å². The lowest BCUT2D eigenvalue weighted by Gasteiger charge is -2.27. The van der Waals surface area contributed by atoms with Crippen LogP contribution in [0.2, 0.25) is 0 Å². The molecule has 1 aliphatic rings. The number of aldehydes is 1. The van der Waals surface area contributed by atoms with Crippen molar-refractivity contribution >= 4 is 33.6 Å². The third-order valence-electron chi connectivity index (χ3n) is 3.94. The molecular formula is C17H15BrFN3O. The van der Waals surface area contributed by atoms with Gasteiger partial charge in [0.15, 0.2) is 0 Å². The fraction of sp³-hybridized carbons (Fsp3) is 0.176. The SMILES string of the molecule is CN1c2ccc(Br)cc2C(c2ccccc2F)=NC(N)C1C=O. The molecule has 118 valence electrons. The molecule has 1 aliphatic heterocycles. The highest BCUT2D eigenvalue weighted by Gasteiger charge is 2.30. The van der Waals surface area contributed by atoms with Gasteiger partial charge in [-0.05, 0) is 30.3 Å². The largest absolute Gasteiger partial charge is 0.361 e. The van der Waals surface area contributed by atoms with E-state index in [4.69, 9.17) is 5.73 Å². The Morgan fingerprint density at radius 2 is 2.00 bits per heavy atom. The van der Waals surface area contributed by atoms with Crippen LogP contribution in [-0.2, 0) is 4.79 Å². The van der Waals surface area contributed by atoms with Gasteiger partial charge < -0.3 is 15.4 Å². The van der Waals surface area contributed by atoms with Gasteiger partial charge >= 0.3 is 0 Å². The summed E-state index contributed by atoms with van der Waals surface area (Å²) >= 11 is 3.43. The molecule has 0 spiro atoms. The number of carbonyl (C=O) groups excluding carboxylic acids is 1. The Bertz CT molecular complexity index is 793. The molecular weight excluding hydrogens is 361 g/mol. The average molecular weight is 376 g/mol. The van der Waals surface area contributed by atoms with E-state index >= 15 is 0 Å². The van der Waals surface area contributed by atoms with Crippen molar-refractivity contribution in [3.63, 3.8) is 0 Å². The Kier molecular flexibility index (Phi) is 4.28.